The van der Waals surface area contributed by atoms with Gasteiger partial charge in [-0.2, -0.15) is 0 Å². The molecule has 2 fully saturated rings. The molecule has 0 bridgehead atoms. The average molecular weight is 522 g/mol. The maximum absolute atomic E-state index is 11.8. The molecular weight excluding hydrogens is 490 g/mol. The Labute approximate surface area is 227 Å². The average Bonchev–Trinajstić information content (AvgIpc) is 2.94. The molecule has 0 radical (unpaired) electrons. The Bertz CT molecular complexity index is 1560. The molecule has 0 saturated carbocycles. The maximum Gasteiger partial charge on any atom is 0.249 e. The number of para-hydroxylation sites is 1. The fourth-order valence-corrected chi connectivity index (χ4v) is 5.59. The normalized spacial score (nSPS) is 18.0. The molecule has 7 rings (SSSR count). The highest BCUT2D eigenvalue weighted by molar-refractivity contribution is 5.59. The number of morpholine rings is 1. The van der Waals surface area contributed by atoms with Gasteiger partial charge in [-0.05, 0) is 47.9 Å². The smallest absolute Gasteiger partial charge is 0.249 e. The summed E-state index contributed by atoms with van der Waals surface area (Å²) in [5.74, 6) is 1.77. The van der Waals surface area contributed by atoms with Crippen LogP contribution >= 0.6 is 0 Å². The van der Waals surface area contributed by atoms with Crippen molar-refractivity contribution in [3.05, 3.63) is 106 Å². The lowest BCUT2D eigenvalue weighted by molar-refractivity contribution is 0.0384. The topological polar surface area (TPSA) is 82.7 Å². The third-order valence-corrected chi connectivity index (χ3v) is 7.82. The second-order valence-corrected chi connectivity index (χ2v) is 10.4. The van der Waals surface area contributed by atoms with Crippen LogP contribution in [0.25, 0.3) is 0 Å². The Morgan fingerprint density at radius 1 is 0.974 bits per heavy atom. The highest BCUT2D eigenvalue weighted by Crippen LogP contribution is 2.43. The molecule has 0 amide bonds. The van der Waals surface area contributed by atoms with Gasteiger partial charge in [-0.25, -0.2) is 0 Å². The lowest BCUT2D eigenvalue weighted by Crippen LogP contribution is -2.39. The van der Waals surface area contributed by atoms with E-state index in [1.165, 1.54) is 17.7 Å². The second kappa shape index (κ2) is 10.1. The van der Waals surface area contributed by atoms with Crippen LogP contribution in [0.1, 0.15) is 34.8 Å². The van der Waals surface area contributed by atoms with Crippen LogP contribution in [0, 0.1) is 0 Å². The molecule has 2 aromatic heterocycles. The number of rotatable bonds is 6. The summed E-state index contributed by atoms with van der Waals surface area (Å²) >= 11 is 0. The lowest BCUT2D eigenvalue weighted by atomic mass is 9.95. The molecule has 2 saturated heterocycles. The summed E-state index contributed by atoms with van der Waals surface area (Å²) in [7, 11) is 0. The monoisotopic (exact) mass is 521 g/mol. The first-order chi connectivity index (χ1) is 19.2. The minimum Gasteiger partial charge on any atom is -0.456 e. The molecule has 8 heteroatoms. The fourth-order valence-electron chi connectivity index (χ4n) is 5.59. The molecule has 1 atom stereocenters. The molecule has 5 heterocycles. The summed E-state index contributed by atoms with van der Waals surface area (Å²) in [6.45, 7) is 4.94. The van der Waals surface area contributed by atoms with E-state index in [4.69, 9.17) is 9.47 Å². The minimum atomic E-state index is -0.142. The number of hydrogen-bond donors (Lipinski definition) is 2. The van der Waals surface area contributed by atoms with Crippen LogP contribution in [-0.4, -0.2) is 42.8 Å². The summed E-state index contributed by atoms with van der Waals surface area (Å²) in [5, 5.41) is 3.56. The van der Waals surface area contributed by atoms with Crippen molar-refractivity contribution in [1.82, 2.24) is 9.97 Å². The summed E-state index contributed by atoms with van der Waals surface area (Å²) in [6.07, 6.45) is 7.48. The Morgan fingerprint density at radius 2 is 1.92 bits per heavy atom. The largest absolute Gasteiger partial charge is 0.456 e. The number of ether oxygens (including phenoxy) is 2. The molecule has 2 aromatic carbocycles. The van der Waals surface area contributed by atoms with Crippen LogP contribution in [0.3, 0.4) is 0 Å². The van der Waals surface area contributed by atoms with Crippen LogP contribution in [0.15, 0.2) is 78.0 Å². The van der Waals surface area contributed by atoms with E-state index in [2.05, 4.69) is 67.5 Å². The van der Waals surface area contributed by atoms with Crippen LogP contribution in [0.2, 0.25) is 0 Å². The minimum absolute atomic E-state index is 0.0988. The van der Waals surface area contributed by atoms with Gasteiger partial charge in [0.25, 0.3) is 0 Å². The van der Waals surface area contributed by atoms with E-state index in [9.17, 15) is 4.79 Å². The Kier molecular flexibility index (Phi) is 6.17. The van der Waals surface area contributed by atoms with Crippen molar-refractivity contribution in [1.29, 1.82) is 0 Å². The Balaban J connectivity index is 1.07. The van der Waals surface area contributed by atoms with E-state index in [-0.39, 0.29) is 11.7 Å². The maximum atomic E-state index is 11.8. The first-order valence-electron chi connectivity index (χ1n) is 13.6. The first kappa shape index (κ1) is 23.8. The van der Waals surface area contributed by atoms with E-state index in [0.29, 0.717) is 13.2 Å². The standard InChI is InChI=1S/C31H31N5O3/c37-30-16-25(7-8-33-30)36-11-12-38-29(20-36)27-4-1-3-22-14-23-15-24(5-6-28(23)39-31(22)27)34-18-21-13-26(19-32-17-21)35-9-2-10-35/h1,3-8,13,15-17,19,29,34H,2,9-12,14,18,20H2,(H,33,37). The molecule has 198 valence electrons. The van der Waals surface area contributed by atoms with Gasteiger partial charge in [-0.3, -0.25) is 9.78 Å². The fraction of sp³-hybridized carbons (Fsp3) is 0.290. The molecular formula is C31H31N5O3. The number of pyridine rings is 2. The van der Waals surface area contributed by atoms with Gasteiger partial charge in [0.1, 0.15) is 17.6 Å². The third kappa shape index (κ3) is 4.83. The third-order valence-electron chi connectivity index (χ3n) is 7.82. The second-order valence-electron chi connectivity index (χ2n) is 10.4. The molecule has 8 nitrogen and oxygen atoms in total. The molecule has 1 unspecified atom stereocenters. The van der Waals surface area contributed by atoms with Crippen LogP contribution in [0.5, 0.6) is 11.5 Å². The molecule has 0 aliphatic carbocycles. The molecule has 39 heavy (non-hydrogen) atoms. The lowest BCUT2D eigenvalue weighted by Gasteiger charge is -2.36. The predicted octanol–water partition coefficient (Wildman–Crippen LogP) is 4.87. The van der Waals surface area contributed by atoms with E-state index >= 15 is 0 Å². The number of nitrogens with zero attached hydrogens (tertiary/aromatic N) is 3. The summed E-state index contributed by atoms with van der Waals surface area (Å²) in [4.78, 5) is 23.5. The molecule has 3 aliphatic rings. The van der Waals surface area contributed by atoms with Crippen LogP contribution in [-0.2, 0) is 17.7 Å². The molecule has 2 N–H and O–H groups in total. The highest BCUT2D eigenvalue weighted by atomic mass is 16.5. The van der Waals surface area contributed by atoms with E-state index in [1.807, 2.05) is 18.5 Å². The summed E-state index contributed by atoms with van der Waals surface area (Å²) in [5.41, 5.74) is 7.61. The van der Waals surface area contributed by atoms with E-state index in [0.717, 1.165) is 72.2 Å². The zero-order valence-electron chi connectivity index (χ0n) is 21.7. The van der Waals surface area contributed by atoms with Gasteiger partial charge < -0.3 is 29.6 Å². The van der Waals surface area contributed by atoms with E-state index < -0.39 is 0 Å². The molecule has 4 aromatic rings. The number of nitrogens with one attached hydrogen (secondary N) is 2. The number of aromatic nitrogens is 2. The van der Waals surface area contributed by atoms with Crippen LogP contribution < -0.4 is 25.4 Å². The molecule has 3 aliphatic heterocycles. The van der Waals surface area contributed by atoms with Gasteiger partial charge in [0.05, 0.1) is 18.5 Å². The first-order valence-corrected chi connectivity index (χ1v) is 13.6. The van der Waals surface area contributed by atoms with Crippen molar-refractivity contribution in [3.8, 4) is 11.5 Å². The summed E-state index contributed by atoms with van der Waals surface area (Å²) < 4.78 is 12.7. The zero-order chi connectivity index (χ0) is 26.2. The number of aromatic amines is 1. The number of benzene rings is 2. The van der Waals surface area contributed by atoms with Crippen molar-refractivity contribution in [3.63, 3.8) is 0 Å². The van der Waals surface area contributed by atoms with Gasteiger partial charge in [-0.15, -0.1) is 0 Å². The van der Waals surface area contributed by atoms with Gasteiger partial charge >= 0.3 is 0 Å². The van der Waals surface area contributed by atoms with Crippen molar-refractivity contribution in [2.45, 2.75) is 25.5 Å². The SMILES string of the molecule is O=c1cc(N2CCOC(c3cccc4c3Oc3ccc(NCc5cncc(N6CCC6)c5)cc3C4)C2)cc[nH]1. The summed E-state index contributed by atoms with van der Waals surface area (Å²) in [6, 6.07) is 18.4. The van der Waals surface area contributed by atoms with Crippen molar-refractivity contribution < 1.29 is 9.47 Å². The van der Waals surface area contributed by atoms with Gasteiger partial charge in [-0.1, -0.05) is 18.2 Å². The quantitative estimate of drug-likeness (QED) is 0.330. The van der Waals surface area contributed by atoms with Crippen molar-refractivity contribution in [2.75, 3.05) is 47.9 Å². The predicted molar refractivity (Wildman–Crippen MR) is 152 cm³/mol. The van der Waals surface area contributed by atoms with Gasteiger partial charge in [0.15, 0.2) is 0 Å². The number of hydrogen-bond acceptors (Lipinski definition) is 7. The number of fused-ring (bicyclic) bond motifs is 2. The Hall–Kier alpha value is -4.30. The van der Waals surface area contributed by atoms with Crippen LogP contribution in [0.4, 0.5) is 17.1 Å². The van der Waals surface area contributed by atoms with Crippen molar-refractivity contribution >= 4 is 17.1 Å². The number of anilines is 3. The zero-order valence-corrected chi connectivity index (χ0v) is 21.7. The Morgan fingerprint density at radius 3 is 2.79 bits per heavy atom. The van der Waals surface area contributed by atoms with Gasteiger partial charge in [0, 0.05) is 80.1 Å². The number of H-pyrrole nitrogens is 1. The highest BCUT2D eigenvalue weighted by Gasteiger charge is 2.29. The van der Waals surface area contributed by atoms with E-state index in [1.54, 1.807) is 12.3 Å². The van der Waals surface area contributed by atoms with Crippen molar-refractivity contribution in [2.24, 2.45) is 0 Å². The van der Waals surface area contributed by atoms with Gasteiger partial charge in [0.2, 0.25) is 5.56 Å². The molecule has 0 spiro atoms.